The Labute approximate surface area is 77.9 Å². The van der Waals surface area contributed by atoms with E-state index in [1.807, 2.05) is 18.9 Å². The number of ether oxygens (including phenoxy) is 1. The van der Waals surface area contributed by atoms with E-state index in [2.05, 4.69) is 4.74 Å². The Morgan fingerprint density at radius 3 is 2.58 bits per heavy atom. The van der Waals surface area contributed by atoms with Gasteiger partial charge in [-0.25, -0.2) is 0 Å². The van der Waals surface area contributed by atoms with E-state index in [4.69, 9.17) is 11.6 Å². The van der Waals surface area contributed by atoms with Crippen LogP contribution in [-0.4, -0.2) is 38.1 Å². The lowest BCUT2D eigenvalue weighted by atomic mass is 10.3. The van der Waals surface area contributed by atoms with Crippen LogP contribution in [-0.2, 0) is 9.53 Å². The van der Waals surface area contributed by atoms with E-state index < -0.39 is 0 Å². The maximum Gasteiger partial charge on any atom is 0.319 e. The summed E-state index contributed by atoms with van der Waals surface area (Å²) in [5, 5.41) is 0. The molecule has 0 bridgehead atoms. The minimum atomic E-state index is -0.236. The molecule has 0 saturated heterocycles. The summed E-state index contributed by atoms with van der Waals surface area (Å²) in [6, 6.07) is 0. The molecule has 4 heteroatoms. The Morgan fingerprint density at radius 2 is 2.17 bits per heavy atom. The number of esters is 1. The molecule has 0 N–H and O–H groups in total. The highest BCUT2D eigenvalue weighted by molar-refractivity contribution is 6.25. The fourth-order valence-electron chi connectivity index (χ4n) is 0.801. The van der Waals surface area contributed by atoms with Crippen molar-refractivity contribution in [3.63, 3.8) is 0 Å². The van der Waals surface area contributed by atoms with Gasteiger partial charge in [-0.2, -0.15) is 0 Å². The van der Waals surface area contributed by atoms with Crippen molar-refractivity contribution in [1.29, 1.82) is 0 Å². The second kappa shape index (κ2) is 6.03. The molecule has 0 atom stereocenters. The van der Waals surface area contributed by atoms with Crippen LogP contribution in [0.4, 0.5) is 0 Å². The predicted octanol–water partition coefficient (Wildman–Crippen LogP) is 1.23. The SMILES string of the molecule is COC(=O)CN(C)CC(C)=CCl. The summed E-state index contributed by atoms with van der Waals surface area (Å²) in [6.07, 6.45) is 0. The maximum atomic E-state index is 10.8. The number of carbonyl (C=O) groups excluding carboxylic acids is 1. The third kappa shape index (κ3) is 5.16. The first-order chi connectivity index (χ1) is 5.60. The van der Waals surface area contributed by atoms with E-state index in [9.17, 15) is 4.79 Å². The summed E-state index contributed by atoms with van der Waals surface area (Å²) in [5.74, 6) is -0.236. The molecule has 0 unspecified atom stereocenters. The number of nitrogens with zero attached hydrogens (tertiary/aromatic N) is 1. The number of carbonyl (C=O) groups is 1. The minimum Gasteiger partial charge on any atom is -0.468 e. The summed E-state index contributed by atoms with van der Waals surface area (Å²) in [4.78, 5) is 12.6. The zero-order chi connectivity index (χ0) is 9.56. The van der Waals surface area contributed by atoms with Gasteiger partial charge < -0.3 is 4.74 Å². The van der Waals surface area contributed by atoms with Gasteiger partial charge in [-0.3, -0.25) is 9.69 Å². The smallest absolute Gasteiger partial charge is 0.319 e. The summed E-state index contributed by atoms with van der Waals surface area (Å²) in [7, 11) is 3.21. The largest absolute Gasteiger partial charge is 0.468 e. The molecular formula is C8H14ClNO2. The molecule has 0 aliphatic rings. The molecule has 0 fully saturated rings. The van der Waals surface area contributed by atoms with E-state index in [1.165, 1.54) is 12.6 Å². The first-order valence-electron chi connectivity index (χ1n) is 3.61. The van der Waals surface area contributed by atoms with Crippen LogP contribution in [0, 0.1) is 0 Å². The Bertz CT molecular complexity index is 180. The second-order valence-electron chi connectivity index (χ2n) is 2.70. The molecule has 0 heterocycles. The Kier molecular flexibility index (Phi) is 5.76. The number of likely N-dealkylation sites (N-methyl/N-ethyl adjacent to an activating group) is 1. The molecule has 0 spiro atoms. The molecule has 0 aromatic rings. The van der Waals surface area contributed by atoms with Crippen LogP contribution >= 0.6 is 11.6 Å². The molecule has 0 radical (unpaired) electrons. The number of hydrogen-bond donors (Lipinski definition) is 0. The average Bonchev–Trinajstić information content (AvgIpc) is 2.03. The van der Waals surface area contributed by atoms with Gasteiger partial charge in [-0.1, -0.05) is 11.6 Å². The molecule has 0 aliphatic heterocycles. The van der Waals surface area contributed by atoms with Gasteiger partial charge in [0.2, 0.25) is 0 Å². The molecular weight excluding hydrogens is 178 g/mol. The third-order valence-electron chi connectivity index (χ3n) is 1.33. The lowest BCUT2D eigenvalue weighted by Crippen LogP contribution is -2.28. The molecule has 0 aromatic carbocycles. The topological polar surface area (TPSA) is 29.5 Å². The quantitative estimate of drug-likeness (QED) is 0.627. The van der Waals surface area contributed by atoms with E-state index in [0.29, 0.717) is 13.1 Å². The van der Waals surface area contributed by atoms with Crippen molar-refractivity contribution in [2.45, 2.75) is 6.92 Å². The highest BCUT2D eigenvalue weighted by Crippen LogP contribution is 1.97. The van der Waals surface area contributed by atoms with Crippen LogP contribution in [0.1, 0.15) is 6.92 Å². The Balaban J connectivity index is 3.74. The van der Waals surface area contributed by atoms with Crippen LogP contribution in [0.25, 0.3) is 0 Å². The molecule has 0 amide bonds. The molecule has 0 aliphatic carbocycles. The van der Waals surface area contributed by atoms with Crippen molar-refractivity contribution < 1.29 is 9.53 Å². The zero-order valence-electron chi connectivity index (χ0n) is 7.63. The third-order valence-corrected chi connectivity index (χ3v) is 1.70. The summed E-state index contributed by atoms with van der Waals surface area (Å²) in [6.45, 7) is 2.87. The highest BCUT2D eigenvalue weighted by Gasteiger charge is 2.05. The Morgan fingerprint density at radius 1 is 1.58 bits per heavy atom. The average molecular weight is 192 g/mol. The first-order valence-corrected chi connectivity index (χ1v) is 4.05. The van der Waals surface area contributed by atoms with E-state index in [-0.39, 0.29) is 5.97 Å². The van der Waals surface area contributed by atoms with Gasteiger partial charge in [0.1, 0.15) is 0 Å². The van der Waals surface area contributed by atoms with Crippen LogP contribution in [0.5, 0.6) is 0 Å². The number of halogens is 1. The fourth-order valence-corrected chi connectivity index (χ4v) is 0.870. The summed E-state index contributed by atoms with van der Waals surface area (Å²) in [5.41, 5.74) is 2.52. The first kappa shape index (κ1) is 11.5. The molecule has 0 aromatic heterocycles. The van der Waals surface area contributed by atoms with Crippen molar-refractivity contribution in [3.05, 3.63) is 11.1 Å². The van der Waals surface area contributed by atoms with Gasteiger partial charge in [0.05, 0.1) is 13.7 Å². The highest BCUT2D eigenvalue weighted by atomic mass is 35.5. The van der Waals surface area contributed by atoms with Gasteiger partial charge in [-0.05, 0) is 19.5 Å². The van der Waals surface area contributed by atoms with E-state index in [1.54, 1.807) is 0 Å². The second-order valence-corrected chi connectivity index (χ2v) is 2.92. The number of methoxy groups -OCH3 is 1. The molecule has 70 valence electrons. The number of rotatable bonds is 4. The summed E-state index contributed by atoms with van der Waals surface area (Å²) < 4.78 is 4.50. The van der Waals surface area contributed by atoms with Crippen LogP contribution in [0.2, 0.25) is 0 Å². The van der Waals surface area contributed by atoms with Crippen molar-refractivity contribution in [2.24, 2.45) is 0 Å². The lowest BCUT2D eigenvalue weighted by Gasteiger charge is -2.14. The van der Waals surface area contributed by atoms with E-state index >= 15 is 0 Å². The minimum absolute atomic E-state index is 0.236. The van der Waals surface area contributed by atoms with Crippen LogP contribution < -0.4 is 0 Å². The zero-order valence-corrected chi connectivity index (χ0v) is 8.39. The van der Waals surface area contributed by atoms with Gasteiger partial charge >= 0.3 is 5.97 Å². The number of hydrogen-bond acceptors (Lipinski definition) is 3. The summed E-state index contributed by atoms with van der Waals surface area (Å²) >= 11 is 5.46. The molecule has 0 saturated carbocycles. The van der Waals surface area contributed by atoms with Gasteiger partial charge in [0, 0.05) is 12.1 Å². The normalized spacial score (nSPS) is 11.9. The predicted molar refractivity (Wildman–Crippen MR) is 49.1 cm³/mol. The van der Waals surface area contributed by atoms with Crippen LogP contribution in [0.3, 0.4) is 0 Å². The van der Waals surface area contributed by atoms with Gasteiger partial charge in [0.25, 0.3) is 0 Å². The standard InChI is InChI=1S/C8H14ClNO2/c1-7(4-9)5-10(2)6-8(11)12-3/h4H,5-6H2,1-3H3. The van der Waals surface area contributed by atoms with Crippen molar-refractivity contribution in [1.82, 2.24) is 4.90 Å². The molecule has 12 heavy (non-hydrogen) atoms. The molecule has 0 rings (SSSR count). The van der Waals surface area contributed by atoms with Crippen molar-refractivity contribution >= 4 is 17.6 Å². The lowest BCUT2D eigenvalue weighted by molar-refractivity contribution is -0.141. The van der Waals surface area contributed by atoms with Crippen molar-refractivity contribution in [3.8, 4) is 0 Å². The monoisotopic (exact) mass is 191 g/mol. The fraction of sp³-hybridized carbons (Fsp3) is 0.625. The van der Waals surface area contributed by atoms with Gasteiger partial charge in [-0.15, -0.1) is 0 Å². The van der Waals surface area contributed by atoms with Crippen molar-refractivity contribution in [2.75, 3.05) is 27.2 Å². The van der Waals surface area contributed by atoms with Crippen LogP contribution in [0.15, 0.2) is 11.1 Å². The Hall–Kier alpha value is -0.540. The maximum absolute atomic E-state index is 10.8. The molecule has 3 nitrogen and oxygen atoms in total. The van der Waals surface area contributed by atoms with E-state index in [0.717, 1.165) is 5.57 Å². The van der Waals surface area contributed by atoms with Gasteiger partial charge in [0.15, 0.2) is 0 Å².